The smallest absolute Gasteiger partial charge is 0.0438 e. The van der Waals surface area contributed by atoms with Crippen LogP contribution in [0.25, 0.3) is 0 Å². The Labute approximate surface area is 95.2 Å². The average molecular weight is 229 g/mol. The summed E-state index contributed by atoms with van der Waals surface area (Å²) in [5.41, 5.74) is 1.24. The Balaban J connectivity index is 2.07. The van der Waals surface area contributed by atoms with Crippen molar-refractivity contribution in [1.82, 2.24) is 0 Å². The second kappa shape index (κ2) is 4.55. The standard InChI is InChI=1S/C12H14Cl2/c13-11-6-2-1-4-9(11)8-10-5-3-7-12(10)14/h1-2,4,6,10,12H,3,5,7-8H2. The van der Waals surface area contributed by atoms with E-state index in [0.29, 0.717) is 11.3 Å². The largest absolute Gasteiger partial charge is 0.123 e. The van der Waals surface area contributed by atoms with E-state index in [2.05, 4.69) is 6.07 Å². The molecule has 1 aromatic rings. The van der Waals surface area contributed by atoms with Gasteiger partial charge in [-0.2, -0.15) is 0 Å². The first-order valence-electron chi connectivity index (χ1n) is 5.15. The van der Waals surface area contributed by atoms with Gasteiger partial charge in [-0.15, -0.1) is 11.6 Å². The number of alkyl halides is 1. The second-order valence-corrected chi connectivity index (χ2v) is 4.97. The lowest BCUT2D eigenvalue weighted by molar-refractivity contribution is 0.553. The Bertz CT molecular complexity index is 309. The van der Waals surface area contributed by atoms with Crippen molar-refractivity contribution in [2.45, 2.75) is 31.1 Å². The molecule has 0 radical (unpaired) electrons. The zero-order chi connectivity index (χ0) is 9.97. The molecule has 0 spiro atoms. The van der Waals surface area contributed by atoms with Crippen LogP contribution in [-0.4, -0.2) is 5.38 Å². The average Bonchev–Trinajstić information content (AvgIpc) is 2.56. The number of hydrogen-bond acceptors (Lipinski definition) is 0. The highest BCUT2D eigenvalue weighted by molar-refractivity contribution is 6.31. The molecule has 0 nitrogen and oxygen atoms in total. The minimum atomic E-state index is 0.353. The molecule has 1 aromatic carbocycles. The quantitative estimate of drug-likeness (QED) is 0.663. The summed E-state index contributed by atoms with van der Waals surface area (Å²) in [7, 11) is 0. The second-order valence-electron chi connectivity index (χ2n) is 4.00. The van der Waals surface area contributed by atoms with Gasteiger partial charge in [-0.3, -0.25) is 0 Å². The van der Waals surface area contributed by atoms with Crippen LogP contribution < -0.4 is 0 Å². The summed E-state index contributed by atoms with van der Waals surface area (Å²) >= 11 is 12.3. The van der Waals surface area contributed by atoms with E-state index in [-0.39, 0.29) is 0 Å². The van der Waals surface area contributed by atoms with Gasteiger partial charge in [0.05, 0.1) is 0 Å². The van der Waals surface area contributed by atoms with Crippen LogP contribution in [0.3, 0.4) is 0 Å². The van der Waals surface area contributed by atoms with E-state index in [9.17, 15) is 0 Å². The van der Waals surface area contributed by atoms with Gasteiger partial charge in [-0.25, -0.2) is 0 Å². The highest BCUT2D eigenvalue weighted by Crippen LogP contribution is 2.33. The molecular formula is C12H14Cl2. The van der Waals surface area contributed by atoms with Gasteiger partial charge in [0.1, 0.15) is 0 Å². The molecule has 14 heavy (non-hydrogen) atoms. The molecule has 0 bridgehead atoms. The van der Waals surface area contributed by atoms with E-state index in [1.54, 1.807) is 0 Å². The number of rotatable bonds is 2. The molecule has 0 saturated heterocycles. The fourth-order valence-corrected chi connectivity index (χ4v) is 2.75. The summed E-state index contributed by atoms with van der Waals surface area (Å²) in [5, 5.41) is 1.23. The molecule has 2 atom stereocenters. The zero-order valence-electron chi connectivity index (χ0n) is 8.05. The molecule has 0 amide bonds. The van der Waals surface area contributed by atoms with E-state index in [1.807, 2.05) is 18.2 Å². The molecule has 2 unspecified atom stereocenters. The maximum absolute atomic E-state index is 6.24. The number of hydrogen-bond donors (Lipinski definition) is 0. The molecule has 1 saturated carbocycles. The molecule has 1 aliphatic rings. The van der Waals surface area contributed by atoms with Crippen LogP contribution in [0, 0.1) is 5.92 Å². The van der Waals surface area contributed by atoms with Crippen LogP contribution in [0.4, 0.5) is 0 Å². The topological polar surface area (TPSA) is 0 Å². The third kappa shape index (κ3) is 2.24. The lowest BCUT2D eigenvalue weighted by Gasteiger charge is -2.14. The third-order valence-electron chi connectivity index (χ3n) is 3.01. The normalized spacial score (nSPS) is 26.7. The van der Waals surface area contributed by atoms with Gasteiger partial charge in [0.2, 0.25) is 0 Å². The summed E-state index contributed by atoms with van der Waals surface area (Å²) < 4.78 is 0. The first-order chi connectivity index (χ1) is 6.77. The highest BCUT2D eigenvalue weighted by atomic mass is 35.5. The predicted molar refractivity (Wildman–Crippen MR) is 62.1 cm³/mol. The number of benzene rings is 1. The molecule has 0 N–H and O–H groups in total. The number of halogens is 2. The van der Waals surface area contributed by atoms with Crippen LogP contribution in [-0.2, 0) is 6.42 Å². The SMILES string of the molecule is Clc1ccccc1CC1CCCC1Cl. The van der Waals surface area contributed by atoms with Crippen LogP contribution in [0.5, 0.6) is 0 Å². The summed E-state index contributed by atoms with van der Waals surface area (Å²) in [4.78, 5) is 0. The maximum atomic E-state index is 6.24. The van der Waals surface area contributed by atoms with Crippen molar-refractivity contribution < 1.29 is 0 Å². The molecule has 1 fully saturated rings. The van der Waals surface area contributed by atoms with Gasteiger partial charge in [0.15, 0.2) is 0 Å². The van der Waals surface area contributed by atoms with E-state index in [4.69, 9.17) is 23.2 Å². The Kier molecular flexibility index (Phi) is 3.35. The van der Waals surface area contributed by atoms with Gasteiger partial charge < -0.3 is 0 Å². The van der Waals surface area contributed by atoms with E-state index >= 15 is 0 Å². The van der Waals surface area contributed by atoms with Crippen molar-refractivity contribution in [3.8, 4) is 0 Å². The fourth-order valence-electron chi connectivity index (χ4n) is 2.17. The van der Waals surface area contributed by atoms with Crippen molar-refractivity contribution in [3.63, 3.8) is 0 Å². The summed E-state index contributed by atoms with van der Waals surface area (Å²) in [6.45, 7) is 0. The monoisotopic (exact) mass is 228 g/mol. The minimum Gasteiger partial charge on any atom is -0.123 e. The molecule has 0 aromatic heterocycles. The molecule has 76 valence electrons. The van der Waals surface area contributed by atoms with Gasteiger partial charge >= 0.3 is 0 Å². The van der Waals surface area contributed by atoms with Crippen LogP contribution in [0.2, 0.25) is 5.02 Å². The lowest BCUT2D eigenvalue weighted by atomic mass is 9.98. The molecular weight excluding hydrogens is 215 g/mol. The molecule has 2 rings (SSSR count). The van der Waals surface area contributed by atoms with Gasteiger partial charge in [-0.1, -0.05) is 36.2 Å². The van der Waals surface area contributed by atoms with E-state index in [0.717, 1.165) is 17.9 Å². The first-order valence-corrected chi connectivity index (χ1v) is 5.96. The van der Waals surface area contributed by atoms with E-state index in [1.165, 1.54) is 18.4 Å². The highest BCUT2D eigenvalue weighted by Gasteiger charge is 2.25. The van der Waals surface area contributed by atoms with Crippen molar-refractivity contribution >= 4 is 23.2 Å². The van der Waals surface area contributed by atoms with Crippen LogP contribution in [0.15, 0.2) is 24.3 Å². The maximum Gasteiger partial charge on any atom is 0.0438 e. The van der Waals surface area contributed by atoms with Crippen LogP contribution >= 0.6 is 23.2 Å². The van der Waals surface area contributed by atoms with Crippen LogP contribution in [0.1, 0.15) is 24.8 Å². The van der Waals surface area contributed by atoms with Crippen molar-refractivity contribution in [2.75, 3.05) is 0 Å². The fraction of sp³-hybridized carbons (Fsp3) is 0.500. The van der Waals surface area contributed by atoms with Crippen molar-refractivity contribution in [1.29, 1.82) is 0 Å². The van der Waals surface area contributed by atoms with Gasteiger partial charge in [0, 0.05) is 10.4 Å². The molecule has 2 heteroatoms. The Morgan fingerprint density at radius 3 is 2.64 bits per heavy atom. The predicted octanol–water partition coefficient (Wildman–Crippen LogP) is 4.29. The Morgan fingerprint density at radius 2 is 2.00 bits per heavy atom. The third-order valence-corrected chi connectivity index (χ3v) is 3.95. The van der Waals surface area contributed by atoms with Crippen molar-refractivity contribution in [3.05, 3.63) is 34.9 Å². The summed E-state index contributed by atoms with van der Waals surface area (Å²) in [5.74, 6) is 0.622. The lowest BCUT2D eigenvalue weighted by Crippen LogP contribution is -2.10. The minimum absolute atomic E-state index is 0.353. The first kappa shape index (κ1) is 10.3. The molecule has 0 aliphatic heterocycles. The Morgan fingerprint density at radius 1 is 1.21 bits per heavy atom. The van der Waals surface area contributed by atoms with Gasteiger partial charge in [-0.05, 0) is 36.8 Å². The van der Waals surface area contributed by atoms with Gasteiger partial charge in [0.25, 0.3) is 0 Å². The van der Waals surface area contributed by atoms with E-state index < -0.39 is 0 Å². The molecule has 1 aliphatic carbocycles. The zero-order valence-corrected chi connectivity index (χ0v) is 9.56. The Hall–Kier alpha value is -0.200. The summed E-state index contributed by atoms with van der Waals surface area (Å²) in [6, 6.07) is 8.07. The van der Waals surface area contributed by atoms with Crippen molar-refractivity contribution in [2.24, 2.45) is 5.92 Å². The summed E-state index contributed by atoms with van der Waals surface area (Å²) in [6.07, 6.45) is 4.72. The molecule has 0 heterocycles.